The number of aryl methyl sites for hydroxylation is 3. The Morgan fingerprint density at radius 1 is 0.522 bits per heavy atom. The van der Waals surface area contributed by atoms with Crippen LogP contribution in [0.5, 0.6) is 0 Å². The predicted octanol–water partition coefficient (Wildman–Crippen LogP) is 12.0. The molecule has 4 aromatic heterocycles. The lowest BCUT2D eigenvalue weighted by atomic mass is 10.0. The summed E-state index contributed by atoms with van der Waals surface area (Å²) in [6.45, 7) is 6.65. The minimum Gasteiger partial charge on any atom is -0.139 e. The van der Waals surface area contributed by atoms with Crippen LogP contribution in [0.4, 0.5) is 0 Å². The van der Waals surface area contributed by atoms with E-state index in [1.165, 1.54) is 115 Å². The summed E-state index contributed by atoms with van der Waals surface area (Å²) in [5.74, 6) is 29.2. The van der Waals surface area contributed by atoms with Gasteiger partial charge in [-0.1, -0.05) is 70.6 Å². The number of hydrogen-bond donors (Lipinski definition) is 0. The van der Waals surface area contributed by atoms with Gasteiger partial charge in [0.25, 0.3) is 0 Å². The highest BCUT2D eigenvalue weighted by molar-refractivity contribution is 7.28. The summed E-state index contributed by atoms with van der Waals surface area (Å²) in [5.41, 5.74) is 2.52. The van der Waals surface area contributed by atoms with Crippen LogP contribution in [0.15, 0.2) is 36.4 Å². The molecule has 0 unspecified atom stereocenters. The van der Waals surface area contributed by atoms with E-state index in [9.17, 15) is 0 Å². The molecule has 0 saturated carbocycles. The molecular formula is C42H38S4. The summed E-state index contributed by atoms with van der Waals surface area (Å²) in [4.78, 5) is 10.5. The summed E-state index contributed by atoms with van der Waals surface area (Å²) in [5, 5.41) is 0. The Hall–Kier alpha value is -3.84. The molecule has 230 valence electrons. The summed E-state index contributed by atoms with van der Waals surface area (Å²) < 4.78 is 0. The molecule has 0 bridgehead atoms. The fourth-order valence-corrected chi connectivity index (χ4v) is 9.50. The van der Waals surface area contributed by atoms with Crippen LogP contribution < -0.4 is 0 Å². The molecule has 0 N–H and O–H groups in total. The van der Waals surface area contributed by atoms with Crippen LogP contribution in [0.3, 0.4) is 0 Å². The van der Waals surface area contributed by atoms with Gasteiger partial charge in [0.2, 0.25) is 0 Å². The Morgan fingerprint density at radius 3 is 1.61 bits per heavy atom. The lowest BCUT2D eigenvalue weighted by Crippen LogP contribution is -1.86. The van der Waals surface area contributed by atoms with Gasteiger partial charge in [0.15, 0.2) is 0 Å². The maximum atomic E-state index is 5.05. The van der Waals surface area contributed by atoms with Crippen LogP contribution >= 0.6 is 45.3 Å². The standard InChI is InChI=1S/C42H38S4/c1-5-7-9-11-13-15-17-19-21-23-25-35-31-33(3)43-41(35)39-29-27-37(45-39)38-28-30-40(46-38)42-36(32-34(4)44-42)26-24-22-20-18-16-14-12-10-8-6-2/h1,27-32H,6,8,10,12,14,16,18,20,22,24,26H2,2-4H3. The molecule has 0 amide bonds. The molecule has 4 aromatic rings. The van der Waals surface area contributed by atoms with Crippen molar-refractivity contribution >= 4 is 45.3 Å². The van der Waals surface area contributed by atoms with E-state index in [-0.39, 0.29) is 0 Å². The maximum absolute atomic E-state index is 5.05. The molecule has 0 aromatic carbocycles. The zero-order chi connectivity index (χ0) is 32.4. The largest absolute Gasteiger partial charge is 0.139 e. The topological polar surface area (TPSA) is 0 Å². The fourth-order valence-electron chi connectivity index (χ4n) is 5.09. The van der Waals surface area contributed by atoms with E-state index in [0.29, 0.717) is 0 Å². The third-order valence-electron chi connectivity index (χ3n) is 7.26. The molecule has 0 nitrogen and oxygen atoms in total. The minimum atomic E-state index is 1.00. The second kappa shape index (κ2) is 19.6. The molecule has 0 aliphatic heterocycles. The maximum Gasteiger partial charge on any atom is 0.0602 e. The van der Waals surface area contributed by atoms with E-state index >= 15 is 0 Å². The van der Waals surface area contributed by atoms with Gasteiger partial charge in [0.05, 0.1) is 4.88 Å². The normalized spacial score (nSPS) is 9.70. The second-order valence-electron chi connectivity index (χ2n) is 11.0. The van der Waals surface area contributed by atoms with Crippen LogP contribution in [0.25, 0.3) is 29.3 Å². The van der Waals surface area contributed by atoms with Crippen LogP contribution in [0.1, 0.15) is 92.0 Å². The van der Waals surface area contributed by atoms with Crippen molar-refractivity contribution in [1.29, 1.82) is 0 Å². The SMILES string of the molecule is C#CC#CC#CC#CC#CC#Cc1cc(C)sc1-c1ccc(-c2ccc(-c3sc(C)cc3CCCCCCCCCCCC)s2)s1. The summed E-state index contributed by atoms with van der Waals surface area (Å²) >= 11 is 7.46. The first kappa shape index (κ1) is 35.0. The van der Waals surface area contributed by atoms with Crippen molar-refractivity contribution in [3.63, 3.8) is 0 Å². The molecule has 4 heterocycles. The van der Waals surface area contributed by atoms with E-state index in [1.807, 2.05) is 34.0 Å². The summed E-state index contributed by atoms with van der Waals surface area (Å²) in [6, 6.07) is 13.6. The third-order valence-corrected chi connectivity index (χ3v) is 12.1. The number of terminal acetylenes is 1. The van der Waals surface area contributed by atoms with Gasteiger partial charge in [-0.3, -0.25) is 0 Å². The number of hydrogen-bond acceptors (Lipinski definition) is 4. The molecule has 46 heavy (non-hydrogen) atoms. The van der Waals surface area contributed by atoms with Crippen molar-refractivity contribution in [2.45, 2.75) is 91.4 Å². The lowest BCUT2D eigenvalue weighted by molar-refractivity contribution is 0.556. The van der Waals surface area contributed by atoms with Crippen LogP contribution in [-0.4, -0.2) is 0 Å². The first-order chi connectivity index (χ1) is 22.6. The zero-order valence-corrected chi connectivity index (χ0v) is 30.2. The monoisotopic (exact) mass is 670 g/mol. The molecule has 0 radical (unpaired) electrons. The van der Waals surface area contributed by atoms with Crippen molar-refractivity contribution in [3.05, 3.63) is 57.3 Å². The average molecular weight is 671 g/mol. The van der Waals surface area contributed by atoms with Crippen molar-refractivity contribution in [3.8, 4) is 101 Å². The van der Waals surface area contributed by atoms with E-state index in [4.69, 9.17) is 6.42 Å². The molecular weight excluding hydrogens is 633 g/mol. The minimum absolute atomic E-state index is 1.00. The second-order valence-corrected chi connectivity index (χ2v) is 15.6. The molecule has 0 saturated heterocycles. The Balaban J connectivity index is 1.36. The Bertz CT molecular complexity index is 1950. The number of rotatable bonds is 14. The lowest BCUT2D eigenvalue weighted by Gasteiger charge is -2.04. The van der Waals surface area contributed by atoms with Gasteiger partial charge in [0, 0.05) is 39.7 Å². The summed E-state index contributed by atoms with van der Waals surface area (Å²) in [7, 11) is 0. The van der Waals surface area contributed by atoms with Crippen molar-refractivity contribution < 1.29 is 0 Å². The first-order valence-corrected chi connectivity index (χ1v) is 19.2. The van der Waals surface area contributed by atoms with E-state index in [0.717, 1.165) is 5.56 Å². The quantitative estimate of drug-likeness (QED) is 0.0925. The van der Waals surface area contributed by atoms with Crippen molar-refractivity contribution in [2.24, 2.45) is 0 Å². The molecule has 0 aliphatic rings. The highest BCUT2D eigenvalue weighted by Crippen LogP contribution is 2.45. The van der Waals surface area contributed by atoms with Crippen LogP contribution in [0, 0.1) is 85.4 Å². The number of unbranched alkanes of at least 4 members (excludes halogenated alkanes) is 9. The number of thiophene rings is 4. The Kier molecular flexibility index (Phi) is 14.9. The van der Waals surface area contributed by atoms with Crippen molar-refractivity contribution in [2.75, 3.05) is 0 Å². The third kappa shape index (κ3) is 11.2. The van der Waals surface area contributed by atoms with Gasteiger partial charge in [-0.25, -0.2) is 0 Å². The highest BCUT2D eigenvalue weighted by Gasteiger charge is 2.15. The molecule has 4 rings (SSSR count). The van der Waals surface area contributed by atoms with E-state index < -0.39 is 0 Å². The Labute approximate surface area is 293 Å². The van der Waals surface area contributed by atoms with E-state index in [1.54, 1.807) is 11.3 Å². The Morgan fingerprint density at radius 2 is 1.00 bits per heavy atom. The molecule has 4 heteroatoms. The average Bonchev–Trinajstić information content (AvgIpc) is 3.85. The molecule has 0 spiro atoms. The van der Waals surface area contributed by atoms with Gasteiger partial charge < -0.3 is 0 Å². The van der Waals surface area contributed by atoms with Gasteiger partial charge in [0.1, 0.15) is 0 Å². The zero-order valence-electron chi connectivity index (χ0n) is 27.0. The molecule has 0 atom stereocenters. The van der Waals surface area contributed by atoms with E-state index in [2.05, 4.69) is 122 Å². The highest BCUT2D eigenvalue weighted by atomic mass is 32.1. The van der Waals surface area contributed by atoms with Crippen molar-refractivity contribution in [1.82, 2.24) is 0 Å². The smallest absolute Gasteiger partial charge is 0.0602 e. The summed E-state index contributed by atoms with van der Waals surface area (Å²) in [6.07, 6.45) is 20.0. The molecule has 0 aliphatic carbocycles. The van der Waals surface area contributed by atoms with Crippen LogP contribution in [0.2, 0.25) is 0 Å². The van der Waals surface area contributed by atoms with Gasteiger partial charge in [-0.05, 0) is 128 Å². The molecule has 0 fully saturated rings. The fraction of sp³-hybridized carbons (Fsp3) is 0.333. The van der Waals surface area contributed by atoms with Gasteiger partial charge in [-0.15, -0.1) is 51.8 Å². The first-order valence-electron chi connectivity index (χ1n) is 16.0. The predicted molar refractivity (Wildman–Crippen MR) is 206 cm³/mol. The van der Waals surface area contributed by atoms with Gasteiger partial charge in [-0.2, -0.15) is 0 Å². The van der Waals surface area contributed by atoms with Gasteiger partial charge >= 0.3 is 0 Å². The van der Waals surface area contributed by atoms with Crippen LogP contribution in [-0.2, 0) is 6.42 Å².